The van der Waals surface area contributed by atoms with Crippen LogP contribution in [0.25, 0.3) is 38.9 Å². The number of benzene rings is 2. The minimum atomic E-state index is -0.385. The standard InChI is InChI=1S/C26H23FN4O2.ClH/c27-22-6-2-1-5-20(22)25-16-21-24(33-25)9-12-30(26(21)32)19-7-8-23-18(15-19)17-28-31(23)14-13-29-10-3-4-11-29;/h1-2,5-9,12,15-17H,3-4,10-11,13-14H2;1H. The van der Waals surface area contributed by atoms with Crippen LogP contribution in [0.2, 0.25) is 0 Å². The molecule has 0 amide bonds. The van der Waals surface area contributed by atoms with E-state index in [9.17, 15) is 9.18 Å². The molecule has 5 aromatic rings. The highest BCUT2D eigenvalue weighted by molar-refractivity contribution is 5.85. The number of halogens is 2. The van der Waals surface area contributed by atoms with Gasteiger partial charge in [-0.05, 0) is 68.4 Å². The Labute approximate surface area is 201 Å². The van der Waals surface area contributed by atoms with Gasteiger partial charge < -0.3 is 9.32 Å². The van der Waals surface area contributed by atoms with Crippen molar-refractivity contribution in [1.29, 1.82) is 0 Å². The first kappa shape index (κ1) is 22.4. The Kier molecular flexibility index (Phi) is 5.98. The average Bonchev–Trinajstić information content (AvgIpc) is 3.58. The molecule has 1 aliphatic heterocycles. The van der Waals surface area contributed by atoms with Crippen LogP contribution >= 0.6 is 12.4 Å². The Morgan fingerprint density at radius 1 is 1.00 bits per heavy atom. The molecule has 0 spiro atoms. The molecule has 0 radical (unpaired) electrons. The molecule has 1 aliphatic rings. The lowest BCUT2D eigenvalue weighted by atomic mass is 10.1. The lowest BCUT2D eigenvalue weighted by molar-refractivity contribution is 0.318. The molecular weight excluding hydrogens is 455 g/mol. The summed E-state index contributed by atoms with van der Waals surface area (Å²) in [6.07, 6.45) is 6.10. The minimum absolute atomic E-state index is 0. The predicted octanol–water partition coefficient (Wildman–Crippen LogP) is 5.26. The Morgan fingerprint density at radius 2 is 1.82 bits per heavy atom. The summed E-state index contributed by atoms with van der Waals surface area (Å²) < 4.78 is 23.6. The Bertz CT molecular complexity index is 1530. The molecule has 0 N–H and O–H groups in total. The molecule has 3 aromatic heterocycles. The molecule has 0 bridgehead atoms. The molecular formula is C26H24ClFN4O2. The van der Waals surface area contributed by atoms with Gasteiger partial charge in [-0.3, -0.25) is 14.0 Å². The van der Waals surface area contributed by atoms with E-state index in [0.717, 1.165) is 29.7 Å². The maximum atomic E-state index is 14.2. The smallest absolute Gasteiger partial charge is 0.266 e. The van der Waals surface area contributed by atoms with E-state index in [2.05, 4.69) is 10.00 Å². The van der Waals surface area contributed by atoms with Crippen molar-refractivity contribution in [3.05, 3.63) is 83.2 Å². The first-order valence-electron chi connectivity index (χ1n) is 11.3. The third kappa shape index (κ3) is 3.91. The fourth-order valence-electron chi connectivity index (χ4n) is 4.68. The average molecular weight is 479 g/mol. The van der Waals surface area contributed by atoms with Gasteiger partial charge in [0.15, 0.2) is 0 Å². The van der Waals surface area contributed by atoms with Gasteiger partial charge in [0.2, 0.25) is 0 Å². The van der Waals surface area contributed by atoms with E-state index in [0.29, 0.717) is 22.3 Å². The SMILES string of the molecule is Cl.O=c1c2cc(-c3ccccc3F)oc2ccn1-c1ccc2c(cnn2CCN2CCCC2)c1. The Hall–Kier alpha value is -3.42. The van der Waals surface area contributed by atoms with E-state index in [1.165, 1.54) is 32.0 Å². The summed E-state index contributed by atoms with van der Waals surface area (Å²) in [5.74, 6) is -0.0447. The molecule has 34 heavy (non-hydrogen) atoms. The summed E-state index contributed by atoms with van der Waals surface area (Å²) in [5, 5.41) is 5.96. The Balaban J connectivity index is 0.00000241. The van der Waals surface area contributed by atoms with Crippen molar-refractivity contribution in [3.63, 3.8) is 0 Å². The van der Waals surface area contributed by atoms with Crippen LogP contribution in [0, 0.1) is 5.82 Å². The second kappa shape index (κ2) is 9.08. The van der Waals surface area contributed by atoms with E-state index >= 15 is 0 Å². The number of fused-ring (bicyclic) bond motifs is 2. The molecule has 1 fully saturated rings. The molecule has 8 heteroatoms. The van der Waals surface area contributed by atoms with Crippen LogP contribution in [-0.2, 0) is 6.54 Å². The highest BCUT2D eigenvalue weighted by Crippen LogP contribution is 2.28. The largest absolute Gasteiger partial charge is 0.456 e. The Morgan fingerprint density at radius 3 is 2.65 bits per heavy atom. The van der Waals surface area contributed by atoms with Crippen LogP contribution in [-0.4, -0.2) is 38.9 Å². The van der Waals surface area contributed by atoms with Crippen LogP contribution in [0.15, 0.2) is 76.2 Å². The highest BCUT2D eigenvalue weighted by atomic mass is 35.5. The molecule has 4 heterocycles. The lowest BCUT2D eigenvalue weighted by Gasteiger charge is -2.14. The normalized spacial score (nSPS) is 14.1. The summed E-state index contributed by atoms with van der Waals surface area (Å²) in [5.41, 5.74) is 2.37. The van der Waals surface area contributed by atoms with Gasteiger partial charge in [-0.1, -0.05) is 12.1 Å². The number of hydrogen-bond acceptors (Lipinski definition) is 4. The second-order valence-electron chi connectivity index (χ2n) is 8.52. The molecule has 0 atom stereocenters. The molecule has 6 rings (SSSR count). The fourth-order valence-corrected chi connectivity index (χ4v) is 4.68. The van der Waals surface area contributed by atoms with Crippen molar-refractivity contribution in [1.82, 2.24) is 19.2 Å². The highest BCUT2D eigenvalue weighted by Gasteiger charge is 2.15. The fraction of sp³-hybridized carbons (Fsp3) is 0.231. The second-order valence-corrected chi connectivity index (χ2v) is 8.52. The maximum Gasteiger partial charge on any atom is 0.266 e. The van der Waals surface area contributed by atoms with Crippen molar-refractivity contribution in [2.45, 2.75) is 19.4 Å². The van der Waals surface area contributed by atoms with Gasteiger partial charge >= 0.3 is 0 Å². The predicted molar refractivity (Wildman–Crippen MR) is 133 cm³/mol. The first-order chi connectivity index (χ1) is 16.2. The van der Waals surface area contributed by atoms with Crippen LogP contribution in [0.4, 0.5) is 4.39 Å². The summed E-state index contributed by atoms with van der Waals surface area (Å²) >= 11 is 0. The van der Waals surface area contributed by atoms with Crippen molar-refractivity contribution < 1.29 is 8.81 Å². The van der Waals surface area contributed by atoms with Crippen LogP contribution in [0.1, 0.15) is 12.8 Å². The number of pyridine rings is 1. The van der Waals surface area contributed by atoms with Crippen molar-refractivity contribution >= 4 is 34.3 Å². The van der Waals surface area contributed by atoms with Gasteiger partial charge in [0.1, 0.15) is 17.2 Å². The van der Waals surface area contributed by atoms with E-state index in [1.54, 1.807) is 41.1 Å². The van der Waals surface area contributed by atoms with E-state index in [-0.39, 0.29) is 23.8 Å². The zero-order chi connectivity index (χ0) is 22.4. The summed E-state index contributed by atoms with van der Waals surface area (Å²) in [4.78, 5) is 15.7. The van der Waals surface area contributed by atoms with Crippen molar-refractivity contribution in [2.75, 3.05) is 19.6 Å². The molecule has 0 unspecified atom stereocenters. The quantitative estimate of drug-likeness (QED) is 0.346. The van der Waals surface area contributed by atoms with Crippen molar-refractivity contribution in [3.8, 4) is 17.0 Å². The van der Waals surface area contributed by atoms with Crippen LogP contribution in [0.5, 0.6) is 0 Å². The molecule has 1 saturated heterocycles. The number of hydrogen-bond donors (Lipinski definition) is 0. The molecule has 6 nitrogen and oxygen atoms in total. The molecule has 0 aliphatic carbocycles. The van der Waals surface area contributed by atoms with Gasteiger partial charge in [-0.25, -0.2) is 4.39 Å². The number of furan rings is 1. The molecule has 0 saturated carbocycles. The summed E-state index contributed by atoms with van der Waals surface area (Å²) in [6, 6.07) is 15.7. The van der Waals surface area contributed by atoms with Gasteiger partial charge in [-0.15, -0.1) is 12.4 Å². The monoisotopic (exact) mass is 478 g/mol. The topological polar surface area (TPSA) is 56.2 Å². The van der Waals surface area contributed by atoms with E-state index in [4.69, 9.17) is 4.42 Å². The van der Waals surface area contributed by atoms with Gasteiger partial charge in [0.05, 0.1) is 29.2 Å². The number of rotatable bonds is 5. The number of nitrogens with zero attached hydrogens (tertiary/aromatic N) is 4. The minimum Gasteiger partial charge on any atom is -0.456 e. The zero-order valence-corrected chi connectivity index (χ0v) is 19.3. The van der Waals surface area contributed by atoms with Crippen LogP contribution < -0.4 is 5.56 Å². The third-order valence-electron chi connectivity index (χ3n) is 6.45. The summed E-state index contributed by atoms with van der Waals surface area (Å²) in [6.45, 7) is 4.19. The van der Waals surface area contributed by atoms with Crippen LogP contribution in [0.3, 0.4) is 0 Å². The number of aromatic nitrogens is 3. The van der Waals surface area contributed by atoms with Gasteiger partial charge in [-0.2, -0.15) is 5.10 Å². The number of likely N-dealkylation sites (tertiary alicyclic amines) is 1. The summed E-state index contributed by atoms with van der Waals surface area (Å²) in [7, 11) is 0. The van der Waals surface area contributed by atoms with E-state index < -0.39 is 0 Å². The maximum absolute atomic E-state index is 14.2. The third-order valence-corrected chi connectivity index (χ3v) is 6.45. The molecule has 2 aromatic carbocycles. The van der Waals surface area contributed by atoms with Crippen molar-refractivity contribution in [2.24, 2.45) is 0 Å². The lowest BCUT2D eigenvalue weighted by Crippen LogP contribution is -2.24. The first-order valence-corrected chi connectivity index (χ1v) is 11.3. The zero-order valence-electron chi connectivity index (χ0n) is 18.5. The van der Waals surface area contributed by atoms with E-state index in [1.807, 2.05) is 29.1 Å². The van der Waals surface area contributed by atoms with Gasteiger partial charge in [0.25, 0.3) is 5.56 Å². The van der Waals surface area contributed by atoms with Gasteiger partial charge in [0, 0.05) is 23.8 Å². The molecule has 174 valence electrons.